The van der Waals surface area contributed by atoms with Crippen molar-refractivity contribution in [1.82, 2.24) is 0 Å². The molecule has 0 aliphatic carbocycles. The van der Waals surface area contributed by atoms with Crippen molar-refractivity contribution in [2.24, 2.45) is 0 Å². The standard InChI is InChI=1S/C14H12BF2O2/c1-9-7-11(3-5-13(9)16)18-15-19-12-4-6-14(17)10(2)8-12/h3-8H,1-2H3. The molecule has 19 heavy (non-hydrogen) atoms. The van der Waals surface area contributed by atoms with Crippen molar-refractivity contribution in [3.63, 3.8) is 0 Å². The van der Waals surface area contributed by atoms with Crippen molar-refractivity contribution in [3.05, 3.63) is 59.2 Å². The van der Waals surface area contributed by atoms with Gasteiger partial charge in [0, 0.05) is 0 Å². The molecule has 0 aliphatic heterocycles. The lowest BCUT2D eigenvalue weighted by Crippen LogP contribution is -2.11. The highest BCUT2D eigenvalue weighted by atomic mass is 19.1. The second-order valence-electron chi connectivity index (χ2n) is 4.15. The highest BCUT2D eigenvalue weighted by Gasteiger charge is 2.05. The van der Waals surface area contributed by atoms with Gasteiger partial charge in [0.1, 0.15) is 23.1 Å². The highest BCUT2D eigenvalue weighted by molar-refractivity contribution is 6.20. The maximum atomic E-state index is 13.0. The first-order chi connectivity index (χ1) is 9.06. The molecule has 0 saturated carbocycles. The molecule has 0 atom stereocenters. The zero-order valence-corrected chi connectivity index (χ0v) is 10.6. The fourth-order valence-electron chi connectivity index (χ4n) is 1.52. The molecule has 0 saturated heterocycles. The van der Waals surface area contributed by atoms with Gasteiger partial charge in [-0.15, -0.1) is 0 Å². The lowest BCUT2D eigenvalue weighted by atomic mass is 10.2. The topological polar surface area (TPSA) is 18.5 Å². The first-order valence-corrected chi connectivity index (χ1v) is 5.73. The molecule has 97 valence electrons. The molecule has 1 radical (unpaired) electrons. The summed E-state index contributed by atoms with van der Waals surface area (Å²) in [5.41, 5.74) is 0.979. The molecule has 0 spiro atoms. The highest BCUT2D eigenvalue weighted by Crippen LogP contribution is 2.17. The summed E-state index contributed by atoms with van der Waals surface area (Å²) in [6, 6.07) is 8.76. The molecule has 0 heterocycles. The summed E-state index contributed by atoms with van der Waals surface area (Å²) in [5.74, 6) is 0.361. The molecule has 0 aliphatic rings. The summed E-state index contributed by atoms with van der Waals surface area (Å²) in [4.78, 5) is 0. The molecule has 2 rings (SSSR count). The zero-order valence-electron chi connectivity index (χ0n) is 10.6. The van der Waals surface area contributed by atoms with Crippen LogP contribution >= 0.6 is 0 Å². The van der Waals surface area contributed by atoms with E-state index in [4.69, 9.17) is 9.31 Å². The van der Waals surface area contributed by atoms with Crippen molar-refractivity contribution in [1.29, 1.82) is 0 Å². The van der Waals surface area contributed by atoms with Crippen LogP contribution in [-0.2, 0) is 0 Å². The van der Waals surface area contributed by atoms with E-state index in [1.165, 1.54) is 24.3 Å². The van der Waals surface area contributed by atoms with Crippen molar-refractivity contribution in [3.8, 4) is 11.5 Å². The average molecular weight is 261 g/mol. The monoisotopic (exact) mass is 261 g/mol. The van der Waals surface area contributed by atoms with Gasteiger partial charge in [0.25, 0.3) is 0 Å². The van der Waals surface area contributed by atoms with Crippen molar-refractivity contribution in [2.45, 2.75) is 13.8 Å². The van der Waals surface area contributed by atoms with Crippen LogP contribution in [0.3, 0.4) is 0 Å². The Morgan fingerprint density at radius 3 is 1.58 bits per heavy atom. The number of hydrogen-bond donors (Lipinski definition) is 0. The first-order valence-electron chi connectivity index (χ1n) is 5.73. The van der Waals surface area contributed by atoms with Gasteiger partial charge < -0.3 is 9.31 Å². The second-order valence-corrected chi connectivity index (χ2v) is 4.15. The number of rotatable bonds is 4. The van der Waals surface area contributed by atoms with Crippen molar-refractivity contribution in [2.75, 3.05) is 0 Å². The van der Waals surface area contributed by atoms with Crippen molar-refractivity contribution < 1.29 is 18.1 Å². The van der Waals surface area contributed by atoms with Gasteiger partial charge in [0.2, 0.25) is 0 Å². The molecule has 0 N–H and O–H groups in total. The molecule has 5 heteroatoms. The molecule has 2 aromatic rings. The minimum atomic E-state index is -0.289. The van der Waals surface area contributed by atoms with Crippen LogP contribution in [-0.4, -0.2) is 7.69 Å². The Morgan fingerprint density at radius 2 is 1.21 bits per heavy atom. The van der Waals surface area contributed by atoms with Gasteiger partial charge in [-0.25, -0.2) is 8.78 Å². The van der Waals surface area contributed by atoms with Gasteiger partial charge in [-0.2, -0.15) is 0 Å². The molecule has 0 amide bonds. The van der Waals surface area contributed by atoms with Gasteiger partial charge in [-0.05, 0) is 61.4 Å². The van der Waals surface area contributed by atoms with Crippen LogP contribution in [0, 0.1) is 25.5 Å². The van der Waals surface area contributed by atoms with Crippen LogP contribution in [0.1, 0.15) is 11.1 Å². The van der Waals surface area contributed by atoms with Crippen LogP contribution < -0.4 is 9.31 Å². The summed E-state index contributed by atoms with van der Waals surface area (Å²) in [6.45, 7) is 3.29. The molecule has 0 aromatic heterocycles. The lowest BCUT2D eigenvalue weighted by molar-refractivity contribution is 0.456. The Hall–Kier alpha value is -2.04. The third-order valence-corrected chi connectivity index (χ3v) is 2.63. The largest absolute Gasteiger partial charge is 0.658 e. The number of halogens is 2. The van der Waals surface area contributed by atoms with Gasteiger partial charge in [-0.1, -0.05) is 0 Å². The van der Waals surface area contributed by atoms with E-state index in [0.717, 1.165) is 7.69 Å². The molecule has 2 nitrogen and oxygen atoms in total. The molecule has 0 unspecified atom stereocenters. The fraction of sp³-hybridized carbons (Fsp3) is 0.143. The minimum Gasteiger partial charge on any atom is -0.526 e. The van der Waals surface area contributed by atoms with E-state index < -0.39 is 0 Å². The Morgan fingerprint density at radius 1 is 0.789 bits per heavy atom. The number of hydrogen-bond acceptors (Lipinski definition) is 2. The number of aryl methyl sites for hydroxylation is 2. The Kier molecular flexibility index (Phi) is 4.05. The summed E-state index contributed by atoms with van der Waals surface area (Å²) in [6.07, 6.45) is 0. The molecule has 2 aromatic carbocycles. The van der Waals surface area contributed by atoms with Gasteiger partial charge in [-0.3, -0.25) is 0 Å². The lowest BCUT2D eigenvalue weighted by Gasteiger charge is -2.08. The summed E-state index contributed by atoms with van der Waals surface area (Å²) < 4.78 is 36.5. The Balaban J connectivity index is 1.92. The minimum absolute atomic E-state index is 0.289. The Labute approximate surface area is 111 Å². The Bertz CT molecular complexity index is 536. The van der Waals surface area contributed by atoms with Crippen LogP contribution in [0.4, 0.5) is 8.78 Å². The molecular weight excluding hydrogens is 249 g/mol. The van der Waals surface area contributed by atoms with E-state index in [1.807, 2.05) is 0 Å². The van der Waals surface area contributed by atoms with E-state index >= 15 is 0 Å². The van der Waals surface area contributed by atoms with Crippen LogP contribution in [0.2, 0.25) is 0 Å². The summed E-state index contributed by atoms with van der Waals surface area (Å²) in [5, 5.41) is 0. The molecule has 0 fully saturated rings. The normalized spacial score (nSPS) is 10.1. The first kappa shape index (κ1) is 13.4. The van der Waals surface area contributed by atoms with E-state index in [-0.39, 0.29) is 11.6 Å². The van der Waals surface area contributed by atoms with E-state index in [1.54, 1.807) is 26.0 Å². The van der Waals surface area contributed by atoms with Gasteiger partial charge in [0.15, 0.2) is 0 Å². The maximum absolute atomic E-state index is 13.0. The number of benzene rings is 2. The quantitative estimate of drug-likeness (QED) is 0.783. The van der Waals surface area contributed by atoms with Crippen LogP contribution in [0.5, 0.6) is 11.5 Å². The third kappa shape index (κ3) is 3.47. The zero-order chi connectivity index (χ0) is 13.8. The van der Waals surface area contributed by atoms with Crippen LogP contribution in [0.25, 0.3) is 0 Å². The average Bonchev–Trinajstić information content (AvgIpc) is 2.38. The van der Waals surface area contributed by atoms with E-state index in [9.17, 15) is 8.78 Å². The van der Waals surface area contributed by atoms with Crippen LogP contribution in [0.15, 0.2) is 36.4 Å². The third-order valence-electron chi connectivity index (χ3n) is 2.63. The molecule has 0 bridgehead atoms. The van der Waals surface area contributed by atoms with E-state index in [0.29, 0.717) is 22.6 Å². The fourth-order valence-corrected chi connectivity index (χ4v) is 1.52. The van der Waals surface area contributed by atoms with Crippen molar-refractivity contribution >= 4 is 7.69 Å². The smallest absolute Gasteiger partial charge is 0.526 e. The summed E-state index contributed by atoms with van der Waals surface area (Å²) in [7, 11) is 1.12. The van der Waals surface area contributed by atoms with Gasteiger partial charge in [0.05, 0.1) is 0 Å². The molecular formula is C14H12BF2O2. The second kappa shape index (κ2) is 5.74. The van der Waals surface area contributed by atoms with Gasteiger partial charge >= 0.3 is 7.69 Å². The predicted octanol–water partition coefficient (Wildman–Crippen LogP) is 3.57. The summed E-state index contributed by atoms with van der Waals surface area (Å²) >= 11 is 0. The van der Waals surface area contributed by atoms with E-state index in [2.05, 4.69) is 0 Å². The maximum Gasteiger partial charge on any atom is 0.658 e. The SMILES string of the molecule is Cc1cc(O[B]Oc2ccc(F)c(C)c2)ccc1F. The predicted molar refractivity (Wildman–Crippen MR) is 69.3 cm³/mol.